The van der Waals surface area contributed by atoms with E-state index in [4.69, 9.17) is 16.3 Å². The standard InChI is InChI=1S/C41H43ClN8O6/c1-40(2)38(41(3,4)39(40)56-27-10-7-24(19-43)30(42)17-27)46-34(52)23-5-8-25(9-6-23)47-13-15-48(16-14-47)26-21-49(22-26)32-18-28-29(20-44-32)37(55)50(36(28)54)31-11-12-33(51)45-35(31)53/h5-10,17-18,20,26,31,38-39H,11-16,21-22H2,1-4H3,(H,46,52)(H,45,51,53). The fraction of sp³-hybridized carbons (Fsp3) is 0.439. The van der Waals surface area contributed by atoms with Gasteiger partial charge in [-0.3, -0.25) is 39.1 Å². The van der Waals surface area contributed by atoms with Crippen LogP contribution in [0.15, 0.2) is 54.7 Å². The molecule has 5 heterocycles. The zero-order valence-corrected chi connectivity index (χ0v) is 32.4. The average Bonchev–Trinajstić information content (AvgIpc) is 3.40. The van der Waals surface area contributed by atoms with Crippen LogP contribution in [0.1, 0.15) is 77.2 Å². The van der Waals surface area contributed by atoms with Crippen LogP contribution in [-0.2, 0) is 9.59 Å². The van der Waals surface area contributed by atoms with E-state index in [9.17, 15) is 29.2 Å². The first-order valence-electron chi connectivity index (χ1n) is 18.9. The van der Waals surface area contributed by atoms with Crippen molar-refractivity contribution >= 4 is 52.6 Å². The molecule has 3 aromatic rings. The van der Waals surface area contributed by atoms with Gasteiger partial charge in [-0.1, -0.05) is 39.3 Å². The Morgan fingerprint density at radius 3 is 2.25 bits per heavy atom. The van der Waals surface area contributed by atoms with Crippen molar-refractivity contribution in [2.24, 2.45) is 10.8 Å². The number of ether oxygens (including phenoxy) is 1. The number of pyridine rings is 1. The molecule has 5 aliphatic rings. The number of nitrogens with one attached hydrogen (secondary N) is 2. The fourth-order valence-electron chi connectivity index (χ4n) is 9.38. The molecular formula is C41H43ClN8O6. The first kappa shape index (κ1) is 37.4. The van der Waals surface area contributed by atoms with Gasteiger partial charge in [-0.25, -0.2) is 4.98 Å². The van der Waals surface area contributed by atoms with E-state index in [0.29, 0.717) is 33.8 Å². The van der Waals surface area contributed by atoms with Gasteiger partial charge in [0, 0.05) is 92.1 Å². The van der Waals surface area contributed by atoms with Gasteiger partial charge < -0.3 is 19.9 Å². The Bertz CT molecular complexity index is 2170. The summed E-state index contributed by atoms with van der Waals surface area (Å²) in [7, 11) is 0. The Morgan fingerprint density at radius 2 is 1.61 bits per heavy atom. The molecule has 1 atom stereocenters. The van der Waals surface area contributed by atoms with Gasteiger partial charge in [0.1, 0.15) is 29.8 Å². The molecule has 0 bridgehead atoms. The van der Waals surface area contributed by atoms with Crippen LogP contribution in [0, 0.1) is 22.2 Å². The number of aromatic nitrogens is 1. The van der Waals surface area contributed by atoms with E-state index >= 15 is 0 Å². The molecule has 0 radical (unpaired) electrons. The summed E-state index contributed by atoms with van der Waals surface area (Å²) >= 11 is 6.24. The van der Waals surface area contributed by atoms with Gasteiger partial charge in [0.2, 0.25) is 11.8 Å². The van der Waals surface area contributed by atoms with Gasteiger partial charge in [-0.2, -0.15) is 5.26 Å². The van der Waals surface area contributed by atoms with E-state index in [1.807, 2.05) is 24.3 Å². The molecule has 5 amide bonds. The van der Waals surface area contributed by atoms with Crippen molar-refractivity contribution in [3.63, 3.8) is 0 Å². The van der Waals surface area contributed by atoms with Gasteiger partial charge in [-0.15, -0.1) is 0 Å². The molecule has 4 fully saturated rings. The van der Waals surface area contributed by atoms with Crippen molar-refractivity contribution in [2.45, 2.75) is 64.8 Å². The third-order valence-electron chi connectivity index (χ3n) is 12.3. The van der Waals surface area contributed by atoms with E-state index in [1.54, 1.807) is 24.3 Å². The lowest BCUT2D eigenvalue weighted by atomic mass is 9.49. The number of carbonyl (C=O) groups is 5. The number of benzene rings is 2. The normalized spacial score (nSPS) is 24.5. The summed E-state index contributed by atoms with van der Waals surface area (Å²) < 4.78 is 6.37. The molecular weight excluding hydrogens is 736 g/mol. The van der Waals surface area contributed by atoms with Crippen LogP contribution in [0.5, 0.6) is 5.75 Å². The number of nitriles is 1. The lowest BCUT2D eigenvalue weighted by molar-refractivity contribution is -0.164. The van der Waals surface area contributed by atoms with E-state index < -0.39 is 29.7 Å². The van der Waals surface area contributed by atoms with Crippen molar-refractivity contribution in [1.82, 2.24) is 25.4 Å². The molecule has 2 N–H and O–H groups in total. The molecule has 1 aliphatic carbocycles. The van der Waals surface area contributed by atoms with Crippen LogP contribution >= 0.6 is 11.6 Å². The van der Waals surface area contributed by atoms with Crippen molar-refractivity contribution in [3.05, 3.63) is 82.0 Å². The number of amides is 5. The largest absolute Gasteiger partial charge is 0.489 e. The summed E-state index contributed by atoms with van der Waals surface area (Å²) in [5.74, 6) is -1.09. The maximum Gasteiger partial charge on any atom is 0.263 e. The lowest BCUT2D eigenvalue weighted by Crippen LogP contribution is -2.74. The Kier molecular flexibility index (Phi) is 9.28. The number of fused-ring (bicyclic) bond motifs is 1. The summed E-state index contributed by atoms with van der Waals surface area (Å²) in [5.41, 5.74) is 1.71. The predicted molar refractivity (Wildman–Crippen MR) is 207 cm³/mol. The number of piperazine rings is 1. The molecule has 1 saturated carbocycles. The van der Waals surface area contributed by atoms with Crippen LogP contribution in [0.3, 0.4) is 0 Å². The maximum atomic E-state index is 13.5. The molecule has 3 saturated heterocycles. The Hall–Kier alpha value is -5.52. The van der Waals surface area contributed by atoms with Crippen LogP contribution in [-0.4, -0.2) is 108 Å². The molecule has 2 aromatic carbocycles. The summed E-state index contributed by atoms with van der Waals surface area (Å²) in [4.78, 5) is 76.1. The molecule has 0 spiro atoms. The smallest absolute Gasteiger partial charge is 0.263 e. The number of rotatable bonds is 8. The SMILES string of the molecule is CC1(C)C(NC(=O)c2ccc(N3CCN(C4CN(c5cc6c(cn5)C(=O)N(C5CCC(=O)NC5=O)C6=O)C4)CC3)cc2)C(C)(C)C1Oc1ccc(C#N)c(Cl)c1. The van der Waals surface area contributed by atoms with E-state index in [2.05, 4.69) is 64.1 Å². The molecule has 56 heavy (non-hydrogen) atoms. The topological polar surface area (TPSA) is 168 Å². The van der Waals surface area contributed by atoms with Gasteiger partial charge in [0.25, 0.3) is 17.7 Å². The third-order valence-corrected chi connectivity index (χ3v) is 12.6. The number of anilines is 2. The lowest BCUT2D eigenvalue weighted by Gasteiger charge is -2.63. The number of hydrogen-bond donors (Lipinski definition) is 2. The second kappa shape index (κ2) is 13.9. The Labute approximate surface area is 329 Å². The second-order valence-corrected chi connectivity index (χ2v) is 16.9. The van der Waals surface area contributed by atoms with Crippen molar-refractivity contribution in [2.75, 3.05) is 49.1 Å². The molecule has 290 valence electrons. The summed E-state index contributed by atoms with van der Waals surface area (Å²) in [6.07, 6.45) is 1.39. The highest BCUT2D eigenvalue weighted by Gasteiger charge is 2.64. The van der Waals surface area contributed by atoms with E-state index in [0.717, 1.165) is 49.9 Å². The van der Waals surface area contributed by atoms with E-state index in [-0.39, 0.29) is 52.9 Å². The van der Waals surface area contributed by atoms with Crippen molar-refractivity contribution < 1.29 is 28.7 Å². The van der Waals surface area contributed by atoms with Gasteiger partial charge in [0.05, 0.1) is 21.7 Å². The van der Waals surface area contributed by atoms with Crippen LogP contribution in [0.2, 0.25) is 5.02 Å². The van der Waals surface area contributed by atoms with Gasteiger partial charge >= 0.3 is 0 Å². The monoisotopic (exact) mass is 778 g/mol. The second-order valence-electron chi connectivity index (χ2n) is 16.5. The zero-order valence-electron chi connectivity index (χ0n) is 31.7. The van der Waals surface area contributed by atoms with Crippen molar-refractivity contribution in [3.8, 4) is 11.8 Å². The maximum absolute atomic E-state index is 13.5. The van der Waals surface area contributed by atoms with Crippen LogP contribution in [0.4, 0.5) is 11.5 Å². The highest BCUT2D eigenvalue weighted by molar-refractivity contribution is 6.31. The summed E-state index contributed by atoms with van der Waals surface area (Å²) in [6, 6.07) is 15.7. The van der Waals surface area contributed by atoms with Crippen LogP contribution in [0.25, 0.3) is 0 Å². The Balaban J connectivity index is 0.817. The van der Waals surface area contributed by atoms with E-state index in [1.165, 1.54) is 6.20 Å². The number of piperidine rings is 1. The highest BCUT2D eigenvalue weighted by atomic mass is 35.5. The minimum Gasteiger partial charge on any atom is -0.489 e. The molecule has 14 nitrogen and oxygen atoms in total. The number of carbonyl (C=O) groups excluding carboxylic acids is 5. The van der Waals surface area contributed by atoms with Gasteiger partial charge in [0.15, 0.2) is 0 Å². The summed E-state index contributed by atoms with van der Waals surface area (Å²) in [5, 5.41) is 15.0. The number of imide groups is 2. The number of halogens is 1. The van der Waals surface area contributed by atoms with Gasteiger partial charge in [-0.05, 0) is 48.9 Å². The third kappa shape index (κ3) is 6.32. The molecule has 15 heteroatoms. The quantitative estimate of drug-likeness (QED) is 0.321. The average molecular weight is 779 g/mol. The fourth-order valence-corrected chi connectivity index (χ4v) is 9.59. The first-order chi connectivity index (χ1) is 26.7. The molecule has 4 aliphatic heterocycles. The molecule has 1 unspecified atom stereocenters. The molecule has 8 rings (SSSR count). The zero-order chi connectivity index (χ0) is 39.7. The number of nitrogens with zero attached hydrogens (tertiary/aromatic N) is 6. The van der Waals surface area contributed by atoms with Crippen molar-refractivity contribution in [1.29, 1.82) is 5.26 Å². The Morgan fingerprint density at radius 1 is 0.929 bits per heavy atom. The minimum atomic E-state index is -1.01. The summed E-state index contributed by atoms with van der Waals surface area (Å²) in [6.45, 7) is 13.2. The molecule has 1 aromatic heterocycles. The predicted octanol–water partition coefficient (Wildman–Crippen LogP) is 3.63. The van der Waals surface area contributed by atoms with Crippen LogP contribution < -0.4 is 25.2 Å². The minimum absolute atomic E-state index is 0.0684. The highest BCUT2D eigenvalue weighted by Crippen LogP contribution is 2.55. The first-order valence-corrected chi connectivity index (χ1v) is 19.3. The number of hydrogen-bond acceptors (Lipinski definition) is 11.